The van der Waals surface area contributed by atoms with Crippen molar-refractivity contribution < 1.29 is 19.5 Å². The molecule has 2 aliphatic carbocycles. The van der Waals surface area contributed by atoms with Gasteiger partial charge in [0.2, 0.25) is 11.8 Å². The molecule has 3 aliphatic rings. The maximum atomic E-state index is 14.1. The number of rotatable bonds is 9. The molecule has 1 aliphatic heterocycles. The van der Waals surface area contributed by atoms with E-state index in [-0.39, 0.29) is 37.5 Å². The molecular formula is C29H45N5O4. The van der Waals surface area contributed by atoms with Gasteiger partial charge in [-0.25, -0.2) is 4.79 Å². The van der Waals surface area contributed by atoms with Crippen LogP contribution in [-0.4, -0.2) is 70.6 Å². The molecule has 0 unspecified atom stereocenters. The number of amides is 3. The molecule has 0 aromatic heterocycles. The van der Waals surface area contributed by atoms with Gasteiger partial charge in [0.15, 0.2) is 0 Å². The lowest BCUT2D eigenvalue weighted by molar-refractivity contribution is -0.145. The van der Waals surface area contributed by atoms with Gasteiger partial charge in [-0.05, 0) is 36.3 Å². The van der Waals surface area contributed by atoms with Crippen LogP contribution in [0.25, 0.3) is 0 Å². The summed E-state index contributed by atoms with van der Waals surface area (Å²) in [5, 5.41) is 16.3. The van der Waals surface area contributed by atoms with Gasteiger partial charge >= 0.3 is 6.09 Å². The Bertz CT molecular complexity index is 907. The van der Waals surface area contributed by atoms with Crippen molar-refractivity contribution in [3.63, 3.8) is 0 Å². The number of carboxylic acid groups (broad SMARTS) is 1. The minimum absolute atomic E-state index is 0.0153. The molecule has 1 heterocycles. The smallest absolute Gasteiger partial charge is 0.407 e. The summed E-state index contributed by atoms with van der Waals surface area (Å²) in [6.07, 6.45) is 11.5. The van der Waals surface area contributed by atoms with E-state index >= 15 is 0 Å². The van der Waals surface area contributed by atoms with E-state index in [9.17, 15) is 19.5 Å². The minimum Gasteiger partial charge on any atom is -0.465 e. The molecule has 2 saturated carbocycles. The van der Waals surface area contributed by atoms with Crippen LogP contribution in [0.5, 0.6) is 0 Å². The molecule has 0 bridgehead atoms. The zero-order valence-corrected chi connectivity index (χ0v) is 22.6. The molecule has 1 aromatic carbocycles. The van der Waals surface area contributed by atoms with Gasteiger partial charge in [-0.3, -0.25) is 9.59 Å². The highest BCUT2D eigenvalue weighted by atomic mass is 16.4. The Kier molecular flexibility index (Phi) is 10.4. The van der Waals surface area contributed by atoms with E-state index in [1.807, 2.05) is 24.3 Å². The van der Waals surface area contributed by atoms with Crippen molar-refractivity contribution >= 4 is 17.9 Å². The Morgan fingerprint density at radius 3 is 2.18 bits per heavy atom. The second-order valence-electron chi connectivity index (χ2n) is 11.3. The zero-order valence-electron chi connectivity index (χ0n) is 22.6. The summed E-state index contributed by atoms with van der Waals surface area (Å²) in [5.41, 5.74) is 7.61. The first-order valence-electron chi connectivity index (χ1n) is 14.5. The van der Waals surface area contributed by atoms with Crippen LogP contribution in [0.2, 0.25) is 0 Å². The first kappa shape index (κ1) is 28.4. The Morgan fingerprint density at radius 1 is 0.921 bits per heavy atom. The summed E-state index contributed by atoms with van der Waals surface area (Å²) >= 11 is 0. The molecule has 3 fully saturated rings. The summed E-state index contributed by atoms with van der Waals surface area (Å²) in [7, 11) is 0. The number of nitrogens with one attached hydrogen (secondary N) is 2. The molecule has 210 valence electrons. The van der Waals surface area contributed by atoms with Crippen LogP contribution in [0.4, 0.5) is 4.79 Å². The topological polar surface area (TPSA) is 128 Å². The summed E-state index contributed by atoms with van der Waals surface area (Å²) in [6.45, 7) is 1.18. The number of hydrogen-bond acceptors (Lipinski definition) is 5. The van der Waals surface area contributed by atoms with Gasteiger partial charge < -0.3 is 31.3 Å². The van der Waals surface area contributed by atoms with Crippen molar-refractivity contribution in [1.29, 1.82) is 0 Å². The highest BCUT2D eigenvalue weighted by Crippen LogP contribution is 2.29. The van der Waals surface area contributed by atoms with Crippen LogP contribution in [0.15, 0.2) is 24.3 Å². The van der Waals surface area contributed by atoms with E-state index in [1.54, 1.807) is 4.90 Å². The zero-order chi connectivity index (χ0) is 26.9. The van der Waals surface area contributed by atoms with Gasteiger partial charge in [-0.1, -0.05) is 75.6 Å². The van der Waals surface area contributed by atoms with E-state index in [0.29, 0.717) is 25.0 Å². The Morgan fingerprint density at radius 2 is 1.55 bits per heavy atom. The predicted octanol–water partition coefficient (Wildman–Crippen LogP) is 3.21. The number of nitrogens with two attached hydrogens (primary N) is 1. The molecule has 4 rings (SSSR count). The van der Waals surface area contributed by atoms with Crippen LogP contribution < -0.4 is 16.4 Å². The summed E-state index contributed by atoms with van der Waals surface area (Å²) < 4.78 is 0. The Labute approximate surface area is 226 Å². The highest BCUT2D eigenvalue weighted by molar-refractivity contribution is 5.90. The van der Waals surface area contributed by atoms with Gasteiger partial charge in [-0.2, -0.15) is 0 Å². The molecule has 0 spiro atoms. The van der Waals surface area contributed by atoms with Gasteiger partial charge in [0.05, 0.1) is 12.6 Å². The van der Waals surface area contributed by atoms with E-state index in [0.717, 1.165) is 43.2 Å². The molecule has 5 N–H and O–H groups in total. The quantitative estimate of drug-likeness (QED) is 0.390. The monoisotopic (exact) mass is 527 g/mol. The van der Waals surface area contributed by atoms with Crippen LogP contribution >= 0.6 is 0 Å². The maximum absolute atomic E-state index is 14.1. The van der Waals surface area contributed by atoms with E-state index in [4.69, 9.17) is 5.73 Å². The van der Waals surface area contributed by atoms with Crippen molar-refractivity contribution in [3.8, 4) is 0 Å². The molecule has 9 heteroatoms. The van der Waals surface area contributed by atoms with Crippen LogP contribution in [0.1, 0.15) is 81.8 Å². The van der Waals surface area contributed by atoms with Crippen molar-refractivity contribution in [1.82, 2.24) is 20.4 Å². The largest absolute Gasteiger partial charge is 0.465 e. The van der Waals surface area contributed by atoms with Crippen molar-refractivity contribution in [3.05, 3.63) is 35.4 Å². The van der Waals surface area contributed by atoms with E-state index in [1.165, 1.54) is 43.4 Å². The third-order valence-electron chi connectivity index (χ3n) is 8.60. The van der Waals surface area contributed by atoms with Gasteiger partial charge in [-0.15, -0.1) is 0 Å². The number of nitrogens with zero attached hydrogens (tertiary/aromatic N) is 2. The first-order chi connectivity index (χ1) is 18.4. The summed E-state index contributed by atoms with van der Waals surface area (Å²) in [4.78, 5) is 42.2. The standard InChI is InChI=1S/C29H45N5O4/c30-18-22-11-13-23(14-12-22)19-31-27(35)26-20-33(29(37)38)15-16-34(26)28(36)25(17-21-7-3-1-4-8-21)32-24-9-5-2-6-10-24/h11-14,21,24-26,32H,1-10,15-20,30H2,(H,31,35)(H,37,38)/t25-,26+/m1/s1. The normalized spacial score (nSPS) is 22.2. The number of benzene rings is 1. The van der Waals surface area contributed by atoms with E-state index in [2.05, 4.69) is 10.6 Å². The predicted molar refractivity (Wildman–Crippen MR) is 146 cm³/mol. The SMILES string of the molecule is NCc1ccc(CNC(=O)[C@@H]2CN(C(=O)O)CCN2C(=O)[C@@H](CC2CCCCC2)NC2CCCCC2)cc1. The lowest BCUT2D eigenvalue weighted by atomic mass is 9.83. The number of piperazine rings is 1. The molecule has 1 saturated heterocycles. The highest BCUT2D eigenvalue weighted by Gasteiger charge is 2.40. The van der Waals surface area contributed by atoms with Crippen LogP contribution in [0, 0.1) is 5.92 Å². The number of carbonyl (C=O) groups is 3. The average molecular weight is 528 g/mol. The second kappa shape index (κ2) is 13.9. The first-order valence-corrected chi connectivity index (χ1v) is 14.5. The summed E-state index contributed by atoms with van der Waals surface area (Å²) in [5.74, 6) is 0.137. The third-order valence-corrected chi connectivity index (χ3v) is 8.60. The van der Waals surface area contributed by atoms with Gasteiger partial charge in [0.25, 0.3) is 0 Å². The number of hydrogen-bond donors (Lipinski definition) is 4. The Balaban J connectivity index is 1.48. The Hall–Kier alpha value is -2.65. The molecule has 9 nitrogen and oxygen atoms in total. The molecule has 2 atom stereocenters. The lowest BCUT2D eigenvalue weighted by Crippen LogP contribution is -2.64. The van der Waals surface area contributed by atoms with Crippen LogP contribution in [-0.2, 0) is 22.7 Å². The molecule has 38 heavy (non-hydrogen) atoms. The number of carbonyl (C=O) groups excluding carboxylic acids is 2. The lowest BCUT2D eigenvalue weighted by Gasteiger charge is -2.42. The second-order valence-corrected chi connectivity index (χ2v) is 11.3. The molecule has 3 amide bonds. The maximum Gasteiger partial charge on any atom is 0.407 e. The van der Waals surface area contributed by atoms with Crippen LogP contribution in [0.3, 0.4) is 0 Å². The fourth-order valence-corrected chi connectivity index (χ4v) is 6.30. The van der Waals surface area contributed by atoms with Gasteiger partial charge in [0, 0.05) is 32.2 Å². The summed E-state index contributed by atoms with van der Waals surface area (Å²) in [6, 6.07) is 6.84. The molecule has 0 radical (unpaired) electrons. The fraction of sp³-hybridized carbons (Fsp3) is 0.690. The third kappa shape index (κ3) is 7.69. The van der Waals surface area contributed by atoms with Gasteiger partial charge in [0.1, 0.15) is 6.04 Å². The minimum atomic E-state index is -1.06. The molecule has 1 aromatic rings. The van der Waals surface area contributed by atoms with Crippen molar-refractivity contribution in [2.24, 2.45) is 11.7 Å². The fourth-order valence-electron chi connectivity index (χ4n) is 6.30. The van der Waals surface area contributed by atoms with E-state index < -0.39 is 12.1 Å². The average Bonchev–Trinajstić information content (AvgIpc) is 2.96. The van der Waals surface area contributed by atoms with Crippen molar-refractivity contribution in [2.75, 3.05) is 19.6 Å². The molecular weight excluding hydrogens is 482 g/mol. The van der Waals surface area contributed by atoms with Crippen molar-refractivity contribution in [2.45, 2.75) is 102 Å².